The van der Waals surface area contributed by atoms with Crippen molar-refractivity contribution in [2.75, 3.05) is 19.5 Å². The Morgan fingerprint density at radius 2 is 2.31 bits per heavy atom. The number of sulfonamides is 1. The number of methoxy groups -OCH3 is 1. The molecule has 1 aliphatic carbocycles. The molecule has 0 atom stereocenters. The van der Waals surface area contributed by atoms with Gasteiger partial charge in [0.15, 0.2) is 0 Å². The highest BCUT2D eigenvalue weighted by molar-refractivity contribution is 7.89. The SMILES string of the molecule is COCCS(=O)(=O)NC1CC(C2=CB(O)Oc3cnc4[nH]ccc4c32)C1. The maximum Gasteiger partial charge on any atom is 0.552 e. The first-order chi connectivity index (χ1) is 12.5. The van der Waals surface area contributed by atoms with Gasteiger partial charge < -0.3 is 19.4 Å². The third kappa shape index (κ3) is 3.25. The molecule has 3 heterocycles. The number of fused-ring (bicyclic) bond motifs is 3. The van der Waals surface area contributed by atoms with Crippen LogP contribution in [0, 0.1) is 5.92 Å². The first-order valence-electron chi connectivity index (χ1n) is 8.48. The molecule has 0 saturated heterocycles. The first kappa shape index (κ1) is 17.5. The molecule has 3 N–H and O–H groups in total. The van der Waals surface area contributed by atoms with Crippen molar-refractivity contribution < 1.29 is 22.8 Å². The zero-order chi connectivity index (χ0) is 18.3. The molecule has 26 heavy (non-hydrogen) atoms. The average Bonchev–Trinajstić information content (AvgIpc) is 3.03. The summed E-state index contributed by atoms with van der Waals surface area (Å²) in [5, 5.41) is 10.9. The minimum absolute atomic E-state index is 0.0433. The predicted molar refractivity (Wildman–Crippen MR) is 98.0 cm³/mol. The van der Waals surface area contributed by atoms with Crippen LogP contribution in [-0.2, 0) is 14.8 Å². The number of hydrogen-bond acceptors (Lipinski definition) is 6. The highest BCUT2D eigenvalue weighted by Gasteiger charge is 2.38. The number of rotatable bonds is 6. The van der Waals surface area contributed by atoms with Crippen LogP contribution in [0.3, 0.4) is 0 Å². The maximum absolute atomic E-state index is 12.0. The predicted octanol–water partition coefficient (Wildman–Crippen LogP) is 0.703. The second-order valence-electron chi connectivity index (χ2n) is 6.66. The number of allylic oxidation sites excluding steroid dienone is 1. The van der Waals surface area contributed by atoms with Crippen LogP contribution in [0.2, 0.25) is 0 Å². The zero-order valence-corrected chi connectivity index (χ0v) is 15.1. The molecule has 2 aromatic rings. The molecule has 0 aromatic carbocycles. The Labute approximate surface area is 151 Å². The van der Waals surface area contributed by atoms with E-state index in [2.05, 4.69) is 14.7 Å². The van der Waals surface area contributed by atoms with Crippen LogP contribution in [0.5, 0.6) is 5.75 Å². The smallest absolute Gasteiger partial charge is 0.531 e. The standard InChI is InChI=1S/C16H20BN3O5S/c1-24-4-5-26(22,23)20-11-6-10(7-11)13-8-17(21)25-14-9-19-16-12(15(13)14)2-3-18-16/h2-3,8-11,20-21H,4-7H2,1H3,(H,18,19). The topological polar surface area (TPSA) is 114 Å². The van der Waals surface area contributed by atoms with E-state index in [-0.39, 0.29) is 24.3 Å². The van der Waals surface area contributed by atoms with Crippen LogP contribution < -0.4 is 9.38 Å². The van der Waals surface area contributed by atoms with Crippen LogP contribution in [-0.4, -0.2) is 56.0 Å². The van der Waals surface area contributed by atoms with E-state index in [9.17, 15) is 13.4 Å². The average molecular weight is 377 g/mol. The Morgan fingerprint density at radius 1 is 1.50 bits per heavy atom. The lowest BCUT2D eigenvalue weighted by Crippen LogP contribution is -2.46. The summed E-state index contributed by atoms with van der Waals surface area (Å²) in [4.78, 5) is 7.37. The summed E-state index contributed by atoms with van der Waals surface area (Å²) < 4.78 is 37.0. The third-order valence-electron chi connectivity index (χ3n) is 4.89. The lowest BCUT2D eigenvalue weighted by Gasteiger charge is -2.39. The molecule has 0 unspecified atom stereocenters. The fraction of sp³-hybridized carbons (Fsp3) is 0.438. The van der Waals surface area contributed by atoms with Crippen LogP contribution >= 0.6 is 0 Å². The Morgan fingerprint density at radius 3 is 3.08 bits per heavy atom. The van der Waals surface area contributed by atoms with E-state index in [0.29, 0.717) is 18.6 Å². The second-order valence-corrected chi connectivity index (χ2v) is 8.54. The minimum Gasteiger partial charge on any atom is -0.531 e. The van der Waals surface area contributed by atoms with E-state index in [1.54, 1.807) is 12.2 Å². The van der Waals surface area contributed by atoms with Gasteiger partial charge in [-0.15, -0.1) is 0 Å². The summed E-state index contributed by atoms with van der Waals surface area (Å²) in [5.74, 6) is 2.36. The van der Waals surface area contributed by atoms with Gasteiger partial charge in [0.25, 0.3) is 0 Å². The van der Waals surface area contributed by atoms with Crippen LogP contribution in [0.4, 0.5) is 0 Å². The molecule has 4 rings (SSSR count). The lowest BCUT2D eigenvalue weighted by molar-refractivity contribution is 0.216. The van der Waals surface area contributed by atoms with Gasteiger partial charge in [-0.05, 0) is 36.4 Å². The molecular formula is C16H20BN3O5S. The first-order valence-corrected chi connectivity index (χ1v) is 10.1. The number of aromatic amines is 1. The number of nitrogens with zero attached hydrogens (tertiary/aromatic N) is 1. The Bertz CT molecular complexity index is 952. The van der Waals surface area contributed by atoms with Gasteiger partial charge in [-0.25, -0.2) is 18.1 Å². The summed E-state index contributed by atoms with van der Waals surface area (Å²) in [7, 11) is -2.88. The number of nitrogens with one attached hydrogen (secondary N) is 2. The van der Waals surface area contributed by atoms with Gasteiger partial charge in [0, 0.05) is 30.3 Å². The second kappa shape index (κ2) is 6.69. The molecule has 138 valence electrons. The van der Waals surface area contributed by atoms with Gasteiger partial charge in [-0.1, -0.05) is 0 Å². The molecule has 1 fully saturated rings. The van der Waals surface area contributed by atoms with Crippen molar-refractivity contribution in [1.29, 1.82) is 0 Å². The van der Waals surface area contributed by atoms with Crippen molar-refractivity contribution in [2.45, 2.75) is 18.9 Å². The molecule has 0 amide bonds. The van der Waals surface area contributed by atoms with Crippen LogP contribution in [0.25, 0.3) is 16.6 Å². The van der Waals surface area contributed by atoms with Gasteiger partial charge in [-0.2, -0.15) is 0 Å². The Hall–Kier alpha value is -1.88. The molecule has 2 aromatic heterocycles. The fourth-order valence-corrected chi connectivity index (χ4v) is 4.80. The molecular weight excluding hydrogens is 357 g/mol. The van der Waals surface area contributed by atoms with Crippen molar-refractivity contribution >= 4 is 33.7 Å². The van der Waals surface area contributed by atoms with E-state index in [0.717, 1.165) is 22.2 Å². The van der Waals surface area contributed by atoms with E-state index in [1.807, 2.05) is 12.3 Å². The summed E-state index contributed by atoms with van der Waals surface area (Å²) in [5.41, 5.74) is 2.66. The van der Waals surface area contributed by atoms with Crippen molar-refractivity contribution in [3.8, 4) is 5.75 Å². The van der Waals surface area contributed by atoms with Crippen molar-refractivity contribution in [2.24, 2.45) is 5.92 Å². The summed E-state index contributed by atoms with van der Waals surface area (Å²) >= 11 is 0. The summed E-state index contributed by atoms with van der Waals surface area (Å²) in [6.45, 7) is 0.173. The van der Waals surface area contributed by atoms with E-state index >= 15 is 0 Å². The highest BCUT2D eigenvalue weighted by Crippen LogP contribution is 2.46. The Kier molecular flexibility index (Phi) is 4.51. The van der Waals surface area contributed by atoms with Crippen LogP contribution in [0.15, 0.2) is 24.4 Å². The lowest BCUT2D eigenvalue weighted by atomic mass is 9.68. The van der Waals surface area contributed by atoms with E-state index in [4.69, 9.17) is 9.39 Å². The number of aromatic nitrogens is 2. The molecule has 2 aliphatic rings. The number of hydrogen-bond donors (Lipinski definition) is 3. The van der Waals surface area contributed by atoms with E-state index < -0.39 is 17.1 Å². The van der Waals surface area contributed by atoms with Gasteiger partial charge in [0.2, 0.25) is 10.0 Å². The third-order valence-corrected chi connectivity index (χ3v) is 6.29. The quantitative estimate of drug-likeness (QED) is 0.639. The molecule has 10 heteroatoms. The number of H-pyrrole nitrogens is 1. The molecule has 0 spiro atoms. The monoisotopic (exact) mass is 377 g/mol. The van der Waals surface area contributed by atoms with Gasteiger partial charge in [-0.3, -0.25) is 0 Å². The molecule has 0 bridgehead atoms. The van der Waals surface area contributed by atoms with Crippen molar-refractivity contribution in [3.05, 3.63) is 30.0 Å². The van der Waals surface area contributed by atoms with E-state index in [1.165, 1.54) is 7.11 Å². The van der Waals surface area contributed by atoms with Gasteiger partial charge in [0.05, 0.1) is 18.6 Å². The highest BCUT2D eigenvalue weighted by atomic mass is 32.2. The van der Waals surface area contributed by atoms with Crippen LogP contribution in [0.1, 0.15) is 18.4 Å². The van der Waals surface area contributed by atoms with Gasteiger partial charge >= 0.3 is 7.12 Å². The maximum atomic E-state index is 12.0. The number of pyridine rings is 1. The largest absolute Gasteiger partial charge is 0.552 e. The minimum atomic E-state index is -3.34. The van der Waals surface area contributed by atoms with Gasteiger partial charge in [0.1, 0.15) is 11.4 Å². The fourth-order valence-electron chi connectivity index (χ4n) is 3.59. The summed E-state index contributed by atoms with van der Waals surface area (Å²) in [6, 6.07) is 1.83. The number of ether oxygens (including phenoxy) is 1. The van der Waals surface area contributed by atoms with Crippen molar-refractivity contribution in [3.63, 3.8) is 0 Å². The Balaban J connectivity index is 1.52. The molecule has 1 aliphatic heterocycles. The summed E-state index contributed by atoms with van der Waals surface area (Å²) in [6.07, 6.45) is 4.78. The molecule has 8 nitrogen and oxygen atoms in total. The zero-order valence-electron chi connectivity index (χ0n) is 14.3. The normalized spacial score (nSPS) is 22.5. The molecule has 0 radical (unpaired) electrons. The molecule has 1 saturated carbocycles. The van der Waals surface area contributed by atoms with Crippen molar-refractivity contribution in [1.82, 2.24) is 14.7 Å².